The van der Waals surface area contributed by atoms with Gasteiger partial charge in [-0.25, -0.2) is 4.79 Å². The molecule has 0 spiro atoms. The second-order valence-electron chi connectivity index (χ2n) is 6.87. The van der Waals surface area contributed by atoms with Crippen LogP contribution in [0.5, 0.6) is 0 Å². The molecule has 0 aliphatic carbocycles. The van der Waals surface area contributed by atoms with Crippen molar-refractivity contribution in [3.8, 4) is 5.69 Å². The summed E-state index contributed by atoms with van der Waals surface area (Å²) >= 11 is 0. The number of benzene rings is 2. The predicted molar refractivity (Wildman–Crippen MR) is 97.0 cm³/mol. The van der Waals surface area contributed by atoms with E-state index in [2.05, 4.69) is 20.8 Å². The molecular weight excluding hydrogens is 401 g/mol. The van der Waals surface area contributed by atoms with Crippen molar-refractivity contribution >= 4 is 11.9 Å². The van der Waals surface area contributed by atoms with Crippen LogP contribution in [0.4, 0.5) is 18.0 Å². The number of carbonyl (C=O) groups is 2. The zero-order chi connectivity index (χ0) is 21.5. The fraction of sp³-hybridized carbons (Fsp3) is 0.211. The lowest BCUT2D eigenvalue weighted by molar-refractivity contribution is -0.138. The number of para-hydroxylation sites is 1. The van der Waals surface area contributed by atoms with E-state index in [0.29, 0.717) is 5.69 Å². The monoisotopic (exact) mass is 416 g/mol. The first kappa shape index (κ1) is 19.6. The number of halogens is 3. The largest absolute Gasteiger partial charge is 0.416 e. The average Bonchev–Trinajstić information content (AvgIpc) is 3.27. The Hall–Kier alpha value is -3.76. The molecule has 0 saturated carbocycles. The summed E-state index contributed by atoms with van der Waals surface area (Å²) in [5.74, 6) is -0.479. The van der Waals surface area contributed by atoms with Gasteiger partial charge < -0.3 is 5.32 Å². The Labute approximate surface area is 168 Å². The summed E-state index contributed by atoms with van der Waals surface area (Å²) in [4.78, 5) is 26.5. The second-order valence-corrected chi connectivity index (χ2v) is 6.87. The third kappa shape index (κ3) is 3.27. The van der Waals surface area contributed by atoms with E-state index in [1.807, 2.05) is 6.07 Å². The van der Waals surface area contributed by atoms with Gasteiger partial charge in [0.15, 0.2) is 5.82 Å². The molecule has 1 N–H and O–H groups in total. The van der Waals surface area contributed by atoms with Crippen LogP contribution in [0.25, 0.3) is 5.69 Å². The molecule has 1 saturated heterocycles. The molecule has 2 aromatic carbocycles. The molecule has 3 aromatic rings. The highest BCUT2D eigenvalue weighted by molar-refractivity contribution is 6.07. The van der Waals surface area contributed by atoms with E-state index in [4.69, 9.17) is 0 Å². The first-order chi connectivity index (χ1) is 14.2. The highest BCUT2D eigenvalue weighted by Gasteiger charge is 2.50. The van der Waals surface area contributed by atoms with Crippen LogP contribution < -0.4 is 5.32 Å². The number of rotatable bonds is 4. The molecule has 3 amide bonds. The first-order valence-electron chi connectivity index (χ1n) is 8.85. The number of nitrogens with one attached hydrogen (secondary N) is 1. The Morgan fingerprint density at radius 1 is 1.07 bits per heavy atom. The number of imide groups is 1. The van der Waals surface area contributed by atoms with Gasteiger partial charge in [-0.15, -0.1) is 5.10 Å². The van der Waals surface area contributed by atoms with Crippen LogP contribution >= 0.6 is 0 Å². The maximum Gasteiger partial charge on any atom is 0.416 e. The van der Waals surface area contributed by atoms with Crippen molar-refractivity contribution in [2.24, 2.45) is 0 Å². The van der Waals surface area contributed by atoms with E-state index in [-0.39, 0.29) is 17.9 Å². The zero-order valence-corrected chi connectivity index (χ0v) is 15.6. The molecule has 0 unspecified atom stereocenters. The van der Waals surface area contributed by atoms with Gasteiger partial charge in [-0.05, 0) is 47.2 Å². The minimum Gasteiger partial charge on any atom is -0.319 e. The van der Waals surface area contributed by atoms with Gasteiger partial charge >= 0.3 is 12.2 Å². The highest BCUT2D eigenvalue weighted by atomic mass is 19.4. The number of hydrogen-bond donors (Lipinski definition) is 1. The van der Waals surface area contributed by atoms with Crippen LogP contribution in [0, 0.1) is 0 Å². The highest BCUT2D eigenvalue weighted by Crippen LogP contribution is 2.35. The molecule has 11 heteroatoms. The Bertz CT molecular complexity index is 1110. The van der Waals surface area contributed by atoms with E-state index in [9.17, 15) is 22.8 Å². The van der Waals surface area contributed by atoms with Gasteiger partial charge in [-0.1, -0.05) is 30.3 Å². The van der Waals surface area contributed by atoms with Crippen LogP contribution in [-0.4, -0.2) is 37.0 Å². The summed E-state index contributed by atoms with van der Waals surface area (Å²) < 4.78 is 40.6. The Kier molecular flexibility index (Phi) is 4.52. The van der Waals surface area contributed by atoms with Gasteiger partial charge in [0.25, 0.3) is 5.91 Å². The van der Waals surface area contributed by atoms with Crippen molar-refractivity contribution in [1.82, 2.24) is 30.4 Å². The Morgan fingerprint density at radius 3 is 2.50 bits per heavy atom. The van der Waals surface area contributed by atoms with Gasteiger partial charge in [0.1, 0.15) is 5.54 Å². The molecule has 1 atom stereocenters. The third-order valence-corrected chi connectivity index (χ3v) is 4.88. The normalized spacial score (nSPS) is 19.3. The van der Waals surface area contributed by atoms with Crippen molar-refractivity contribution in [1.29, 1.82) is 0 Å². The van der Waals surface area contributed by atoms with Crippen LogP contribution in [0.15, 0.2) is 54.6 Å². The number of aromatic nitrogens is 4. The molecule has 1 aliphatic heterocycles. The summed E-state index contributed by atoms with van der Waals surface area (Å²) in [5.41, 5.74) is -1.90. The van der Waals surface area contributed by atoms with Crippen molar-refractivity contribution in [3.05, 3.63) is 71.5 Å². The summed E-state index contributed by atoms with van der Waals surface area (Å²) in [6.45, 7) is 1.12. The summed E-state index contributed by atoms with van der Waals surface area (Å²) in [6, 6.07) is 12.4. The fourth-order valence-electron chi connectivity index (χ4n) is 3.26. The lowest BCUT2D eigenvalue weighted by atomic mass is 9.90. The molecular formula is C19H15F3N6O2. The average molecular weight is 416 g/mol. The lowest BCUT2D eigenvalue weighted by Gasteiger charge is -2.23. The smallest absolute Gasteiger partial charge is 0.319 e. The minimum atomic E-state index is -4.57. The van der Waals surface area contributed by atoms with Crippen molar-refractivity contribution in [2.75, 3.05) is 0 Å². The maximum atomic E-state index is 13.1. The molecule has 154 valence electrons. The van der Waals surface area contributed by atoms with Gasteiger partial charge in [0.2, 0.25) is 0 Å². The predicted octanol–water partition coefficient (Wildman–Crippen LogP) is 2.65. The second kappa shape index (κ2) is 6.94. The number of nitrogens with zero attached hydrogens (tertiary/aromatic N) is 5. The van der Waals surface area contributed by atoms with E-state index in [0.717, 1.165) is 17.0 Å². The molecule has 30 heavy (non-hydrogen) atoms. The minimum absolute atomic E-state index is 0.0285. The number of amides is 3. The van der Waals surface area contributed by atoms with Crippen LogP contribution in [-0.2, 0) is 23.1 Å². The fourth-order valence-corrected chi connectivity index (χ4v) is 3.26. The topological polar surface area (TPSA) is 93.0 Å². The van der Waals surface area contributed by atoms with Gasteiger partial charge in [-0.3, -0.25) is 9.69 Å². The lowest BCUT2D eigenvalue weighted by Crippen LogP contribution is -2.41. The van der Waals surface area contributed by atoms with Crippen LogP contribution in [0.1, 0.15) is 23.9 Å². The van der Waals surface area contributed by atoms with Crippen LogP contribution in [0.2, 0.25) is 0 Å². The molecule has 4 rings (SSSR count). The first-order valence-corrected chi connectivity index (χ1v) is 8.85. The summed E-state index contributed by atoms with van der Waals surface area (Å²) in [7, 11) is 0. The molecule has 0 bridgehead atoms. The maximum absolute atomic E-state index is 13.1. The van der Waals surface area contributed by atoms with E-state index in [1.165, 1.54) is 23.7 Å². The quantitative estimate of drug-likeness (QED) is 0.660. The molecule has 1 fully saturated rings. The van der Waals surface area contributed by atoms with E-state index < -0.39 is 29.2 Å². The van der Waals surface area contributed by atoms with Crippen molar-refractivity contribution < 1.29 is 22.8 Å². The molecule has 1 aliphatic rings. The van der Waals surface area contributed by atoms with E-state index in [1.54, 1.807) is 24.3 Å². The number of alkyl halides is 3. The Balaban J connectivity index is 1.64. The zero-order valence-electron chi connectivity index (χ0n) is 15.6. The molecule has 1 aromatic heterocycles. The Morgan fingerprint density at radius 2 is 1.80 bits per heavy atom. The molecule has 8 nitrogen and oxygen atoms in total. The number of tetrazole rings is 1. The van der Waals surface area contributed by atoms with Gasteiger partial charge in [0.05, 0.1) is 17.8 Å². The van der Waals surface area contributed by atoms with Gasteiger partial charge in [-0.2, -0.15) is 17.9 Å². The summed E-state index contributed by atoms with van der Waals surface area (Å²) in [6.07, 6.45) is -4.57. The molecule has 2 heterocycles. The summed E-state index contributed by atoms with van der Waals surface area (Å²) in [5, 5.41) is 13.8. The number of carbonyl (C=O) groups excluding carboxylic acids is 2. The number of hydrogen-bond acceptors (Lipinski definition) is 5. The third-order valence-electron chi connectivity index (χ3n) is 4.88. The van der Waals surface area contributed by atoms with E-state index >= 15 is 0 Å². The SMILES string of the molecule is C[C@]1(c2cccc(C(F)(F)F)c2)NC(=O)N(Cc2nnnn2-c2ccccc2)C1=O. The van der Waals surface area contributed by atoms with Gasteiger partial charge in [0, 0.05) is 0 Å². The van der Waals surface area contributed by atoms with Crippen molar-refractivity contribution in [3.63, 3.8) is 0 Å². The van der Waals surface area contributed by atoms with Crippen LogP contribution in [0.3, 0.4) is 0 Å². The number of urea groups is 1. The molecule has 0 radical (unpaired) electrons. The van der Waals surface area contributed by atoms with Crippen molar-refractivity contribution in [2.45, 2.75) is 25.2 Å². The standard InChI is InChI=1S/C19H15F3N6O2/c1-18(12-6-5-7-13(10-12)19(20,21)22)16(29)27(17(30)23-18)11-15-24-25-26-28(15)14-8-3-2-4-9-14/h2-10H,11H2,1H3,(H,23,30)/t18-/m1/s1.